The van der Waals surface area contributed by atoms with Gasteiger partial charge in [-0.15, -0.1) is 0 Å². The largest absolute Gasteiger partial charge is 0.468 e. The Bertz CT molecular complexity index is 665. The highest BCUT2D eigenvalue weighted by Crippen LogP contribution is 2.40. The van der Waals surface area contributed by atoms with Gasteiger partial charge in [0.1, 0.15) is 5.41 Å². The molecule has 5 nitrogen and oxygen atoms in total. The lowest BCUT2D eigenvalue weighted by atomic mass is 9.68. The summed E-state index contributed by atoms with van der Waals surface area (Å²) in [4.78, 5) is 24.8. The number of hydrogen-bond donors (Lipinski definition) is 1. The SMILES string of the molecule is COC(=O)C1=C(C)NC(C)C(C(=O)OC)(c2cccc(C)c2)C1. The molecule has 1 N–H and O–H groups in total. The zero-order valence-corrected chi connectivity index (χ0v) is 14.2. The molecular formula is C18H23NO4. The van der Waals surface area contributed by atoms with Gasteiger partial charge in [0.2, 0.25) is 0 Å². The number of benzene rings is 1. The molecule has 23 heavy (non-hydrogen) atoms. The predicted octanol–water partition coefficient (Wildman–Crippen LogP) is 2.23. The maximum absolute atomic E-state index is 12.7. The van der Waals surface area contributed by atoms with Gasteiger partial charge in [0.15, 0.2) is 0 Å². The molecule has 0 aliphatic carbocycles. The van der Waals surface area contributed by atoms with E-state index in [1.165, 1.54) is 14.2 Å². The van der Waals surface area contributed by atoms with Gasteiger partial charge in [0.05, 0.1) is 19.8 Å². The third-order valence-corrected chi connectivity index (χ3v) is 4.60. The molecule has 0 fully saturated rings. The molecule has 1 aromatic carbocycles. The number of hydrogen-bond acceptors (Lipinski definition) is 5. The highest BCUT2D eigenvalue weighted by atomic mass is 16.5. The normalized spacial score (nSPS) is 24.0. The second kappa shape index (κ2) is 6.44. The summed E-state index contributed by atoms with van der Waals surface area (Å²) < 4.78 is 9.97. The fourth-order valence-corrected chi connectivity index (χ4v) is 3.27. The van der Waals surface area contributed by atoms with Crippen LogP contribution in [0.4, 0.5) is 0 Å². The van der Waals surface area contributed by atoms with Crippen LogP contribution in [0, 0.1) is 6.92 Å². The van der Waals surface area contributed by atoms with Crippen molar-refractivity contribution in [3.05, 3.63) is 46.7 Å². The first-order chi connectivity index (χ1) is 10.9. The fourth-order valence-electron chi connectivity index (χ4n) is 3.27. The number of esters is 2. The molecule has 0 saturated carbocycles. The topological polar surface area (TPSA) is 64.6 Å². The summed E-state index contributed by atoms with van der Waals surface area (Å²) in [5, 5.41) is 3.25. The van der Waals surface area contributed by atoms with Gasteiger partial charge >= 0.3 is 11.9 Å². The zero-order valence-electron chi connectivity index (χ0n) is 14.2. The molecule has 0 bridgehead atoms. The third kappa shape index (κ3) is 2.83. The van der Waals surface area contributed by atoms with Crippen molar-refractivity contribution >= 4 is 11.9 Å². The molecule has 0 saturated heterocycles. The molecule has 2 rings (SSSR count). The first-order valence-electron chi connectivity index (χ1n) is 7.57. The Balaban J connectivity index is 2.63. The molecule has 0 spiro atoms. The molecule has 1 aliphatic heterocycles. The van der Waals surface area contributed by atoms with Crippen LogP contribution in [0.3, 0.4) is 0 Å². The summed E-state index contributed by atoms with van der Waals surface area (Å²) in [6, 6.07) is 7.52. The minimum atomic E-state index is -0.968. The molecule has 0 amide bonds. The Morgan fingerprint density at radius 3 is 2.48 bits per heavy atom. The first kappa shape index (κ1) is 17.1. The minimum absolute atomic E-state index is 0.217. The number of nitrogens with one attached hydrogen (secondary N) is 1. The number of allylic oxidation sites excluding steroid dienone is 1. The van der Waals surface area contributed by atoms with E-state index in [4.69, 9.17) is 9.47 Å². The van der Waals surface area contributed by atoms with Crippen molar-refractivity contribution in [3.8, 4) is 0 Å². The predicted molar refractivity (Wildman–Crippen MR) is 86.8 cm³/mol. The van der Waals surface area contributed by atoms with Crippen LogP contribution in [-0.4, -0.2) is 32.2 Å². The monoisotopic (exact) mass is 317 g/mol. The van der Waals surface area contributed by atoms with E-state index in [-0.39, 0.29) is 18.4 Å². The van der Waals surface area contributed by atoms with Crippen molar-refractivity contribution in [1.29, 1.82) is 0 Å². The summed E-state index contributed by atoms with van der Waals surface area (Å²) in [6.07, 6.45) is 0.246. The van der Waals surface area contributed by atoms with Crippen LogP contribution >= 0.6 is 0 Å². The number of rotatable bonds is 3. The van der Waals surface area contributed by atoms with Gasteiger partial charge in [-0.05, 0) is 26.3 Å². The lowest BCUT2D eigenvalue weighted by Crippen LogP contribution is -2.55. The highest BCUT2D eigenvalue weighted by molar-refractivity contribution is 5.93. The smallest absolute Gasteiger partial charge is 0.335 e. The van der Waals surface area contributed by atoms with Gasteiger partial charge in [-0.25, -0.2) is 4.79 Å². The van der Waals surface area contributed by atoms with E-state index in [1.54, 1.807) is 0 Å². The van der Waals surface area contributed by atoms with Crippen LogP contribution in [0.2, 0.25) is 0 Å². The van der Waals surface area contributed by atoms with Crippen LogP contribution in [-0.2, 0) is 24.5 Å². The molecule has 1 heterocycles. The number of carbonyl (C=O) groups excluding carboxylic acids is 2. The van der Waals surface area contributed by atoms with Crippen molar-refractivity contribution in [2.24, 2.45) is 0 Å². The van der Waals surface area contributed by atoms with Gasteiger partial charge in [-0.1, -0.05) is 29.8 Å². The van der Waals surface area contributed by atoms with Crippen LogP contribution in [0.1, 0.15) is 31.4 Å². The second-order valence-electron chi connectivity index (χ2n) is 5.97. The Hall–Kier alpha value is -2.30. The van der Waals surface area contributed by atoms with E-state index in [0.29, 0.717) is 5.57 Å². The van der Waals surface area contributed by atoms with Crippen LogP contribution < -0.4 is 5.32 Å². The molecule has 124 valence electrons. The number of ether oxygens (including phenoxy) is 2. The summed E-state index contributed by atoms with van der Waals surface area (Å²) in [5.41, 5.74) is 2.11. The minimum Gasteiger partial charge on any atom is -0.468 e. The average molecular weight is 317 g/mol. The van der Waals surface area contributed by atoms with Crippen molar-refractivity contribution in [2.45, 2.75) is 38.6 Å². The van der Waals surface area contributed by atoms with Crippen molar-refractivity contribution in [3.63, 3.8) is 0 Å². The Labute approximate surface area is 136 Å². The quantitative estimate of drug-likeness (QED) is 0.866. The summed E-state index contributed by atoms with van der Waals surface area (Å²) >= 11 is 0. The summed E-state index contributed by atoms with van der Waals surface area (Å²) in [5.74, 6) is -0.792. The van der Waals surface area contributed by atoms with E-state index in [0.717, 1.165) is 16.8 Å². The average Bonchev–Trinajstić information content (AvgIpc) is 2.54. The van der Waals surface area contributed by atoms with Crippen LogP contribution in [0.15, 0.2) is 35.5 Å². The van der Waals surface area contributed by atoms with E-state index in [9.17, 15) is 9.59 Å². The summed E-state index contributed by atoms with van der Waals surface area (Å²) in [6.45, 7) is 5.72. The van der Waals surface area contributed by atoms with E-state index >= 15 is 0 Å². The van der Waals surface area contributed by atoms with Gasteiger partial charge < -0.3 is 14.8 Å². The molecule has 1 aliphatic rings. The molecular weight excluding hydrogens is 294 g/mol. The van der Waals surface area contributed by atoms with Crippen LogP contribution in [0.5, 0.6) is 0 Å². The number of carbonyl (C=O) groups is 2. The van der Waals surface area contributed by atoms with Gasteiger partial charge in [-0.2, -0.15) is 0 Å². The molecule has 0 aromatic heterocycles. The third-order valence-electron chi connectivity index (χ3n) is 4.60. The highest BCUT2D eigenvalue weighted by Gasteiger charge is 2.50. The zero-order chi connectivity index (χ0) is 17.2. The van der Waals surface area contributed by atoms with Crippen molar-refractivity contribution in [1.82, 2.24) is 5.32 Å². The second-order valence-corrected chi connectivity index (χ2v) is 5.97. The van der Waals surface area contributed by atoms with E-state index in [2.05, 4.69) is 5.32 Å². The maximum atomic E-state index is 12.7. The van der Waals surface area contributed by atoms with Gasteiger partial charge in [0.25, 0.3) is 0 Å². The Morgan fingerprint density at radius 2 is 1.91 bits per heavy atom. The van der Waals surface area contributed by atoms with Crippen molar-refractivity contribution in [2.75, 3.05) is 14.2 Å². The standard InChI is InChI=1S/C18H23NO4/c1-11-7-6-8-14(9-11)18(17(21)23-5)10-15(16(20)22-4)12(2)19-13(18)3/h6-9,13,19H,10H2,1-5H3. The molecule has 0 radical (unpaired) electrons. The molecule has 2 unspecified atom stereocenters. The number of methoxy groups -OCH3 is 2. The Morgan fingerprint density at radius 1 is 1.22 bits per heavy atom. The molecule has 5 heteroatoms. The van der Waals surface area contributed by atoms with Crippen LogP contribution in [0.25, 0.3) is 0 Å². The fraction of sp³-hybridized carbons (Fsp3) is 0.444. The van der Waals surface area contributed by atoms with Gasteiger partial charge in [-0.3, -0.25) is 4.79 Å². The number of aryl methyl sites for hydroxylation is 1. The van der Waals surface area contributed by atoms with E-state index < -0.39 is 11.4 Å². The lowest BCUT2D eigenvalue weighted by molar-refractivity contribution is -0.149. The maximum Gasteiger partial charge on any atom is 0.335 e. The lowest BCUT2D eigenvalue weighted by Gasteiger charge is -2.42. The summed E-state index contributed by atoms with van der Waals surface area (Å²) in [7, 11) is 2.71. The van der Waals surface area contributed by atoms with E-state index in [1.807, 2.05) is 45.0 Å². The first-order valence-corrected chi connectivity index (χ1v) is 7.57. The molecule has 1 aromatic rings. The van der Waals surface area contributed by atoms with Crippen molar-refractivity contribution < 1.29 is 19.1 Å². The Kier molecular flexibility index (Phi) is 4.78. The van der Waals surface area contributed by atoms with Gasteiger partial charge in [0, 0.05) is 18.2 Å². The molecule has 2 atom stereocenters.